The highest BCUT2D eigenvalue weighted by Crippen LogP contribution is 2.54. The van der Waals surface area contributed by atoms with Crippen LogP contribution in [0.25, 0.3) is 0 Å². The van der Waals surface area contributed by atoms with Crippen LogP contribution in [0.2, 0.25) is 0 Å². The van der Waals surface area contributed by atoms with E-state index in [0.29, 0.717) is 29.1 Å². The molecule has 0 amide bonds. The van der Waals surface area contributed by atoms with E-state index in [0.717, 1.165) is 6.42 Å². The van der Waals surface area contributed by atoms with Crippen molar-refractivity contribution in [1.82, 2.24) is 0 Å². The summed E-state index contributed by atoms with van der Waals surface area (Å²) in [6, 6.07) is 8.32. The standard InChI is InChI=1S/C19H22O4S2/c1-3-22-19(24)25-13(10-23-11(2)20)9-16-17-14-7-5-4-6-12(14)8-15(17)18(16)21/h4-7,13,15-17H,3,8-10H2,1-2H3. The first-order chi connectivity index (χ1) is 12.0. The molecule has 1 aromatic rings. The van der Waals surface area contributed by atoms with Crippen LogP contribution in [-0.4, -0.2) is 34.6 Å². The smallest absolute Gasteiger partial charge is 0.302 e. The quantitative estimate of drug-likeness (QED) is 0.558. The molecule has 0 aromatic heterocycles. The number of ketones is 1. The summed E-state index contributed by atoms with van der Waals surface area (Å²) in [5.74, 6) is 0.408. The van der Waals surface area contributed by atoms with Crippen molar-refractivity contribution in [3.63, 3.8) is 0 Å². The summed E-state index contributed by atoms with van der Waals surface area (Å²) >= 11 is 6.60. The number of fused-ring (bicyclic) bond motifs is 3. The van der Waals surface area contributed by atoms with Crippen LogP contribution in [0.5, 0.6) is 0 Å². The van der Waals surface area contributed by atoms with Gasteiger partial charge in [-0.2, -0.15) is 0 Å². The maximum atomic E-state index is 12.6. The molecule has 0 spiro atoms. The number of carbonyl (C=O) groups excluding carboxylic acids is 2. The fourth-order valence-corrected chi connectivity index (χ4v) is 5.35. The maximum Gasteiger partial charge on any atom is 0.302 e. The van der Waals surface area contributed by atoms with E-state index in [1.165, 1.54) is 29.8 Å². The number of hydrogen-bond donors (Lipinski definition) is 0. The molecule has 6 heteroatoms. The zero-order valence-corrected chi connectivity index (χ0v) is 16.0. The lowest BCUT2D eigenvalue weighted by Crippen LogP contribution is -2.45. The van der Waals surface area contributed by atoms with Crippen LogP contribution in [0.4, 0.5) is 0 Å². The number of esters is 1. The second-order valence-corrected chi connectivity index (χ2v) is 8.41. The third-order valence-corrected chi connectivity index (χ3v) is 6.35. The van der Waals surface area contributed by atoms with Crippen LogP contribution < -0.4 is 0 Å². The van der Waals surface area contributed by atoms with E-state index in [2.05, 4.69) is 12.1 Å². The summed E-state index contributed by atoms with van der Waals surface area (Å²) in [5, 5.41) is -0.0642. The average Bonchev–Trinajstić information content (AvgIpc) is 2.92. The first-order valence-corrected chi connectivity index (χ1v) is 9.88. The Morgan fingerprint density at radius 2 is 2.12 bits per heavy atom. The number of benzene rings is 1. The Bertz CT molecular complexity index is 688. The van der Waals surface area contributed by atoms with Crippen molar-refractivity contribution in [3.05, 3.63) is 35.4 Å². The van der Waals surface area contributed by atoms with Crippen LogP contribution in [0.15, 0.2) is 24.3 Å². The summed E-state index contributed by atoms with van der Waals surface area (Å²) in [4.78, 5) is 23.8. The van der Waals surface area contributed by atoms with Gasteiger partial charge in [0, 0.05) is 29.9 Å². The second kappa shape index (κ2) is 7.87. The van der Waals surface area contributed by atoms with Crippen LogP contribution in [0.1, 0.15) is 37.3 Å². The minimum absolute atomic E-state index is 0.0221. The number of carbonyl (C=O) groups is 2. The van der Waals surface area contributed by atoms with Crippen molar-refractivity contribution in [1.29, 1.82) is 0 Å². The van der Waals surface area contributed by atoms with E-state index in [9.17, 15) is 9.59 Å². The minimum atomic E-state index is -0.322. The lowest BCUT2D eigenvalue weighted by Gasteiger charge is -2.40. The van der Waals surface area contributed by atoms with Crippen molar-refractivity contribution in [2.45, 2.75) is 37.9 Å². The zero-order chi connectivity index (χ0) is 18.0. The molecule has 0 radical (unpaired) electrons. The van der Waals surface area contributed by atoms with Crippen molar-refractivity contribution >= 4 is 40.1 Å². The van der Waals surface area contributed by atoms with Crippen LogP contribution >= 0.6 is 24.0 Å². The number of Topliss-reactive ketones (excluding diaryl/α,β-unsaturated/α-hetero) is 1. The van der Waals surface area contributed by atoms with Gasteiger partial charge in [-0.1, -0.05) is 36.0 Å². The topological polar surface area (TPSA) is 52.6 Å². The minimum Gasteiger partial charge on any atom is -0.479 e. The normalized spacial score (nSPS) is 24.7. The lowest BCUT2D eigenvalue weighted by molar-refractivity contribution is -0.141. The number of ether oxygens (including phenoxy) is 2. The highest BCUT2D eigenvalue weighted by atomic mass is 32.2. The van der Waals surface area contributed by atoms with Gasteiger partial charge in [-0.05, 0) is 43.1 Å². The van der Waals surface area contributed by atoms with Gasteiger partial charge in [0.25, 0.3) is 0 Å². The molecule has 1 fully saturated rings. The molecule has 1 saturated carbocycles. The predicted octanol–water partition coefficient (Wildman–Crippen LogP) is 3.52. The summed E-state index contributed by atoms with van der Waals surface area (Å²) in [7, 11) is 0. The molecule has 0 bridgehead atoms. The first kappa shape index (κ1) is 18.4. The van der Waals surface area contributed by atoms with Gasteiger partial charge in [-0.15, -0.1) is 0 Å². The zero-order valence-electron chi connectivity index (χ0n) is 14.4. The second-order valence-electron chi connectivity index (χ2n) is 6.51. The molecule has 4 atom stereocenters. The fraction of sp³-hybridized carbons (Fsp3) is 0.526. The maximum absolute atomic E-state index is 12.6. The molecule has 1 aromatic carbocycles. The molecule has 3 rings (SSSR count). The molecule has 0 heterocycles. The Morgan fingerprint density at radius 3 is 2.84 bits per heavy atom. The highest BCUT2D eigenvalue weighted by Gasteiger charge is 2.54. The van der Waals surface area contributed by atoms with Crippen molar-refractivity contribution < 1.29 is 19.1 Å². The van der Waals surface area contributed by atoms with E-state index in [4.69, 9.17) is 21.7 Å². The largest absolute Gasteiger partial charge is 0.479 e. The summed E-state index contributed by atoms with van der Waals surface area (Å²) < 4.78 is 11.0. The third kappa shape index (κ3) is 3.90. The Labute approximate surface area is 157 Å². The molecule has 0 saturated heterocycles. The van der Waals surface area contributed by atoms with Crippen LogP contribution in [0.3, 0.4) is 0 Å². The molecular formula is C19H22O4S2. The number of thiocarbonyl (C=S) groups is 1. The van der Waals surface area contributed by atoms with Crippen molar-refractivity contribution in [2.75, 3.05) is 13.2 Å². The van der Waals surface area contributed by atoms with Crippen molar-refractivity contribution in [3.8, 4) is 0 Å². The Balaban J connectivity index is 1.69. The molecule has 4 unspecified atom stereocenters. The predicted molar refractivity (Wildman–Crippen MR) is 102 cm³/mol. The van der Waals surface area contributed by atoms with E-state index >= 15 is 0 Å². The van der Waals surface area contributed by atoms with E-state index < -0.39 is 0 Å². The van der Waals surface area contributed by atoms with Gasteiger partial charge >= 0.3 is 5.97 Å². The van der Waals surface area contributed by atoms with Gasteiger partial charge in [0.1, 0.15) is 12.4 Å². The molecule has 2 aliphatic rings. The lowest BCUT2D eigenvalue weighted by atomic mass is 9.62. The molecule has 4 nitrogen and oxygen atoms in total. The van der Waals surface area contributed by atoms with E-state index in [-0.39, 0.29) is 29.7 Å². The average molecular weight is 379 g/mol. The summed E-state index contributed by atoms with van der Waals surface area (Å²) in [6.07, 6.45) is 1.51. The van der Waals surface area contributed by atoms with Gasteiger partial charge in [0.05, 0.1) is 6.61 Å². The number of hydrogen-bond acceptors (Lipinski definition) is 6. The molecule has 0 aliphatic heterocycles. The molecular weight excluding hydrogens is 356 g/mol. The monoisotopic (exact) mass is 378 g/mol. The Morgan fingerprint density at radius 1 is 1.36 bits per heavy atom. The third-order valence-electron chi connectivity index (χ3n) is 4.97. The van der Waals surface area contributed by atoms with Crippen LogP contribution in [-0.2, 0) is 25.5 Å². The molecule has 134 valence electrons. The molecule has 0 N–H and O–H groups in total. The Kier molecular flexibility index (Phi) is 5.79. The van der Waals surface area contributed by atoms with Crippen molar-refractivity contribution in [2.24, 2.45) is 11.8 Å². The van der Waals surface area contributed by atoms with E-state index in [1.807, 2.05) is 19.1 Å². The number of rotatable bonds is 6. The van der Waals surface area contributed by atoms with Gasteiger partial charge in [0.2, 0.25) is 4.38 Å². The van der Waals surface area contributed by atoms with E-state index in [1.54, 1.807) is 0 Å². The van der Waals surface area contributed by atoms with Gasteiger partial charge in [0.15, 0.2) is 0 Å². The van der Waals surface area contributed by atoms with Crippen LogP contribution in [0, 0.1) is 11.8 Å². The summed E-state index contributed by atoms with van der Waals surface area (Å²) in [5.41, 5.74) is 2.60. The fourth-order valence-electron chi connectivity index (χ4n) is 3.93. The summed E-state index contributed by atoms with van der Waals surface area (Å²) in [6.45, 7) is 4.02. The molecule has 25 heavy (non-hydrogen) atoms. The first-order valence-electron chi connectivity index (χ1n) is 8.59. The SMILES string of the molecule is CCOC(=S)SC(COC(C)=O)CC1C(=O)C2Cc3ccccc3C21. The Hall–Kier alpha value is -1.40. The number of thioether (sulfide) groups is 1. The highest BCUT2D eigenvalue weighted by molar-refractivity contribution is 8.23. The molecule has 2 aliphatic carbocycles. The van der Waals surface area contributed by atoms with Gasteiger partial charge in [-0.25, -0.2) is 0 Å². The van der Waals surface area contributed by atoms with Gasteiger partial charge in [-0.3, -0.25) is 9.59 Å². The van der Waals surface area contributed by atoms with Gasteiger partial charge < -0.3 is 9.47 Å².